The van der Waals surface area contributed by atoms with Gasteiger partial charge in [-0.05, 0) is 60.7 Å². The fourth-order valence-electron chi connectivity index (χ4n) is 3.96. The molecule has 6 nitrogen and oxygen atoms in total. The molecule has 3 aromatic rings. The van der Waals surface area contributed by atoms with Gasteiger partial charge in [-0.15, -0.1) is 0 Å². The number of nitrogens with zero attached hydrogens (tertiary/aromatic N) is 2. The molecule has 1 aliphatic rings. The minimum atomic E-state index is -4.48. The van der Waals surface area contributed by atoms with Crippen molar-refractivity contribution in [1.82, 2.24) is 0 Å². The second-order valence-corrected chi connectivity index (χ2v) is 9.46. The largest absolute Gasteiger partial charge is 0.478 e. The Bertz CT molecular complexity index is 1290. The van der Waals surface area contributed by atoms with E-state index in [0.717, 1.165) is 16.6 Å². The maximum atomic E-state index is 13.2. The summed E-state index contributed by atoms with van der Waals surface area (Å²) >= 11 is 9.52. The number of alkyl halides is 3. The number of amides is 1. The number of benzene rings is 3. The molecule has 0 aliphatic carbocycles. The van der Waals surface area contributed by atoms with Crippen LogP contribution in [0.3, 0.4) is 0 Å². The zero-order valence-electron chi connectivity index (χ0n) is 18.6. The number of rotatable bonds is 5. The average Bonchev–Trinajstić information content (AvgIpc) is 2.84. The van der Waals surface area contributed by atoms with E-state index in [1.165, 1.54) is 18.2 Å². The summed E-state index contributed by atoms with van der Waals surface area (Å²) in [6.07, 6.45) is -4.48. The monoisotopic (exact) mass is 581 g/mol. The highest BCUT2D eigenvalue weighted by Crippen LogP contribution is 2.36. The number of piperazine rings is 1. The molecule has 11 heteroatoms. The van der Waals surface area contributed by atoms with Crippen LogP contribution in [0.5, 0.6) is 0 Å². The van der Waals surface area contributed by atoms with Gasteiger partial charge >= 0.3 is 12.1 Å². The number of carbonyl (C=O) groups is 2. The lowest BCUT2D eigenvalue weighted by molar-refractivity contribution is -0.137. The van der Waals surface area contributed by atoms with Crippen molar-refractivity contribution >= 4 is 56.5 Å². The van der Waals surface area contributed by atoms with Gasteiger partial charge < -0.3 is 20.2 Å². The second-order valence-electron chi connectivity index (χ2n) is 8.14. The van der Waals surface area contributed by atoms with Crippen molar-refractivity contribution < 1.29 is 27.9 Å². The quantitative estimate of drug-likeness (QED) is 0.364. The van der Waals surface area contributed by atoms with E-state index in [1.54, 1.807) is 35.2 Å². The van der Waals surface area contributed by atoms with E-state index in [4.69, 9.17) is 11.6 Å². The SMILES string of the molecule is O=C(O)c1ccc(N2CCN(c3cc(C(F)(F)F)ccc3Cl)CC2)c(NC(=O)c2ccc(Br)cc2)c1. The number of aromatic carboxylic acids is 1. The van der Waals surface area contributed by atoms with Gasteiger partial charge in [0.1, 0.15) is 0 Å². The van der Waals surface area contributed by atoms with Crippen LogP contribution < -0.4 is 15.1 Å². The van der Waals surface area contributed by atoms with Gasteiger partial charge in [0.25, 0.3) is 5.91 Å². The third-order valence-corrected chi connectivity index (χ3v) is 6.68. The summed E-state index contributed by atoms with van der Waals surface area (Å²) in [6.45, 7) is 1.59. The molecule has 188 valence electrons. The Kier molecular flexibility index (Phi) is 7.46. The van der Waals surface area contributed by atoms with Crippen molar-refractivity contribution in [3.63, 3.8) is 0 Å². The van der Waals surface area contributed by atoms with Gasteiger partial charge in [0.15, 0.2) is 0 Å². The minimum absolute atomic E-state index is 0.0132. The Labute approximate surface area is 218 Å². The maximum absolute atomic E-state index is 13.2. The normalized spacial score (nSPS) is 14.0. The van der Waals surface area contributed by atoms with Crippen LogP contribution in [0.15, 0.2) is 65.1 Å². The van der Waals surface area contributed by atoms with Crippen LogP contribution in [0, 0.1) is 0 Å². The Balaban J connectivity index is 1.56. The highest BCUT2D eigenvalue weighted by atomic mass is 79.9. The Morgan fingerprint density at radius 2 is 1.44 bits per heavy atom. The molecule has 0 saturated carbocycles. The number of hydrogen-bond acceptors (Lipinski definition) is 4. The smallest absolute Gasteiger partial charge is 0.416 e. The van der Waals surface area contributed by atoms with Crippen LogP contribution in [0.2, 0.25) is 5.02 Å². The lowest BCUT2D eigenvalue weighted by atomic mass is 10.1. The van der Waals surface area contributed by atoms with E-state index >= 15 is 0 Å². The summed E-state index contributed by atoms with van der Waals surface area (Å²) in [7, 11) is 0. The molecule has 1 aliphatic heterocycles. The van der Waals surface area contributed by atoms with Crippen molar-refractivity contribution in [3.05, 3.63) is 86.8 Å². The zero-order valence-corrected chi connectivity index (χ0v) is 21.0. The van der Waals surface area contributed by atoms with Crippen molar-refractivity contribution in [3.8, 4) is 0 Å². The number of carbonyl (C=O) groups excluding carboxylic acids is 1. The van der Waals surface area contributed by atoms with Gasteiger partial charge in [-0.25, -0.2) is 4.79 Å². The van der Waals surface area contributed by atoms with Crippen molar-refractivity contribution in [2.75, 3.05) is 41.3 Å². The fraction of sp³-hybridized carbons (Fsp3) is 0.200. The summed E-state index contributed by atoms with van der Waals surface area (Å²) in [5.74, 6) is -1.54. The van der Waals surface area contributed by atoms with Crippen molar-refractivity contribution in [2.45, 2.75) is 6.18 Å². The van der Waals surface area contributed by atoms with Gasteiger partial charge in [0, 0.05) is 36.2 Å². The lowest BCUT2D eigenvalue weighted by Crippen LogP contribution is -2.47. The highest BCUT2D eigenvalue weighted by Gasteiger charge is 2.32. The first kappa shape index (κ1) is 25.8. The molecule has 1 heterocycles. The summed E-state index contributed by atoms with van der Waals surface area (Å²) in [5.41, 5.74) is 0.879. The molecule has 1 fully saturated rings. The second kappa shape index (κ2) is 10.4. The third kappa shape index (κ3) is 5.76. The number of hydrogen-bond donors (Lipinski definition) is 2. The Morgan fingerprint density at radius 3 is 2.03 bits per heavy atom. The third-order valence-electron chi connectivity index (χ3n) is 5.83. The number of nitrogens with one attached hydrogen (secondary N) is 1. The molecule has 0 spiro atoms. The van der Waals surface area contributed by atoms with E-state index in [-0.39, 0.29) is 10.6 Å². The van der Waals surface area contributed by atoms with Gasteiger partial charge in [-0.2, -0.15) is 13.2 Å². The first-order chi connectivity index (χ1) is 17.0. The topological polar surface area (TPSA) is 72.9 Å². The average molecular weight is 583 g/mol. The number of carboxylic acid groups (broad SMARTS) is 1. The van der Waals surface area contributed by atoms with Crippen LogP contribution in [-0.4, -0.2) is 43.2 Å². The predicted molar refractivity (Wildman–Crippen MR) is 136 cm³/mol. The molecule has 1 saturated heterocycles. The first-order valence-corrected chi connectivity index (χ1v) is 12.0. The summed E-state index contributed by atoms with van der Waals surface area (Å²) in [4.78, 5) is 28.1. The van der Waals surface area contributed by atoms with Crippen LogP contribution in [-0.2, 0) is 6.18 Å². The fourth-order valence-corrected chi connectivity index (χ4v) is 4.46. The number of carboxylic acids is 1. The molecular formula is C25H20BrClF3N3O3. The zero-order chi connectivity index (χ0) is 26.0. The lowest BCUT2D eigenvalue weighted by Gasteiger charge is -2.38. The molecule has 0 bridgehead atoms. The van der Waals surface area contributed by atoms with Crippen molar-refractivity contribution in [2.24, 2.45) is 0 Å². The van der Waals surface area contributed by atoms with Crippen LogP contribution in [0.1, 0.15) is 26.3 Å². The molecule has 4 rings (SSSR count). The standard InChI is InChI=1S/C25H20BrClF3N3O3/c26-18-5-1-15(2-6-18)23(34)31-20-13-16(24(35)36)3-8-21(20)32-9-11-33(12-10-32)22-14-17(25(28,29)30)4-7-19(22)27/h1-8,13-14H,9-12H2,(H,31,34)(H,35,36). The molecule has 0 aromatic heterocycles. The van der Waals surface area contributed by atoms with Crippen molar-refractivity contribution in [1.29, 1.82) is 0 Å². The highest BCUT2D eigenvalue weighted by molar-refractivity contribution is 9.10. The minimum Gasteiger partial charge on any atom is -0.478 e. The van der Waals surface area contributed by atoms with Gasteiger partial charge in [0.2, 0.25) is 0 Å². The summed E-state index contributed by atoms with van der Waals surface area (Å²) < 4.78 is 40.4. The first-order valence-electron chi connectivity index (χ1n) is 10.8. The Hall–Kier alpha value is -3.24. The van der Waals surface area contributed by atoms with Crippen LogP contribution in [0.4, 0.5) is 30.2 Å². The molecule has 36 heavy (non-hydrogen) atoms. The molecule has 1 amide bonds. The van der Waals surface area contributed by atoms with Gasteiger partial charge in [-0.3, -0.25) is 4.79 Å². The summed E-state index contributed by atoms with van der Waals surface area (Å²) in [6, 6.07) is 14.4. The molecule has 0 atom stereocenters. The van der Waals surface area contributed by atoms with Gasteiger partial charge in [-0.1, -0.05) is 27.5 Å². The Morgan fingerprint density at radius 1 is 0.861 bits per heavy atom. The van der Waals surface area contributed by atoms with E-state index in [0.29, 0.717) is 48.8 Å². The number of anilines is 3. The van der Waals surface area contributed by atoms with E-state index < -0.39 is 23.6 Å². The number of halogens is 5. The predicted octanol–water partition coefficient (Wildman–Crippen LogP) is 6.40. The maximum Gasteiger partial charge on any atom is 0.416 e. The van der Waals surface area contributed by atoms with Crippen LogP contribution in [0.25, 0.3) is 0 Å². The molecule has 0 unspecified atom stereocenters. The van der Waals surface area contributed by atoms with E-state index in [2.05, 4.69) is 21.2 Å². The van der Waals surface area contributed by atoms with Gasteiger partial charge in [0.05, 0.1) is 33.2 Å². The molecule has 2 N–H and O–H groups in total. The van der Waals surface area contributed by atoms with E-state index in [9.17, 15) is 27.9 Å². The molecule has 3 aromatic carbocycles. The van der Waals surface area contributed by atoms with E-state index in [1.807, 2.05) is 4.90 Å². The molecular weight excluding hydrogens is 563 g/mol. The molecule has 0 radical (unpaired) electrons. The summed E-state index contributed by atoms with van der Waals surface area (Å²) in [5, 5.41) is 12.5. The van der Waals surface area contributed by atoms with Crippen LogP contribution >= 0.6 is 27.5 Å².